The minimum Gasteiger partial charge on any atom is -0.303 e. The lowest BCUT2D eigenvalue weighted by Crippen LogP contribution is -2.59. The fourth-order valence-electron chi connectivity index (χ4n) is 5.20. The maximum Gasteiger partial charge on any atom is 0.0280 e. The summed E-state index contributed by atoms with van der Waals surface area (Å²) in [7, 11) is 2.27. The van der Waals surface area contributed by atoms with Crippen molar-refractivity contribution in [1.29, 1.82) is 0 Å². The quantitative estimate of drug-likeness (QED) is 0.686. The molecule has 0 amide bonds. The van der Waals surface area contributed by atoms with Crippen molar-refractivity contribution in [2.45, 2.75) is 56.8 Å². The van der Waals surface area contributed by atoms with Gasteiger partial charge < -0.3 is 4.90 Å². The fourth-order valence-corrected chi connectivity index (χ4v) is 5.20. The molecule has 4 rings (SSSR count). The van der Waals surface area contributed by atoms with Gasteiger partial charge in [0.2, 0.25) is 0 Å². The van der Waals surface area contributed by atoms with Gasteiger partial charge in [-0.3, -0.25) is 0 Å². The number of hydrogen-bond donors (Lipinski definition) is 0. The van der Waals surface area contributed by atoms with Crippen molar-refractivity contribution in [2.24, 2.45) is 5.92 Å². The first-order valence-electron chi connectivity index (χ1n) is 9.26. The van der Waals surface area contributed by atoms with Gasteiger partial charge in [0.1, 0.15) is 0 Å². The highest BCUT2D eigenvalue weighted by atomic mass is 15.1. The smallest absolute Gasteiger partial charge is 0.0280 e. The first-order valence-corrected chi connectivity index (χ1v) is 7.76. The van der Waals surface area contributed by atoms with Gasteiger partial charge in [-0.25, -0.2) is 0 Å². The van der Waals surface area contributed by atoms with Gasteiger partial charge in [0.25, 0.3) is 0 Å². The summed E-state index contributed by atoms with van der Waals surface area (Å²) in [5.74, 6) is 0.722. The molecule has 0 N–H and O–H groups in total. The summed E-state index contributed by atoms with van der Waals surface area (Å²) >= 11 is 0. The zero-order chi connectivity index (χ0) is 15.5. The SMILES string of the molecule is [2H]C([2H])([2H])c1ccc2c(c1)[C@]13CCCC[C@H]1C(C2)N(C)CC3. The Hall–Kier alpha value is -0.820. The van der Waals surface area contributed by atoms with Crippen LogP contribution in [0.5, 0.6) is 0 Å². The number of nitrogens with zero attached hydrogens (tertiary/aromatic N) is 1. The number of hydrogen-bond acceptors (Lipinski definition) is 1. The van der Waals surface area contributed by atoms with Crippen LogP contribution in [0.15, 0.2) is 18.2 Å². The lowest BCUT2D eigenvalue weighted by molar-refractivity contribution is 0.00283. The molecular weight excluding hydrogens is 230 g/mol. The summed E-state index contributed by atoms with van der Waals surface area (Å²) in [6.45, 7) is -0.837. The van der Waals surface area contributed by atoms with E-state index >= 15 is 0 Å². The molecule has 2 aliphatic carbocycles. The zero-order valence-electron chi connectivity index (χ0n) is 14.8. The Bertz CT molecular complexity index is 594. The molecule has 0 radical (unpaired) electrons. The number of benzene rings is 1. The lowest BCUT2D eigenvalue weighted by Gasteiger charge is -2.58. The van der Waals surface area contributed by atoms with Crippen molar-refractivity contribution < 1.29 is 4.11 Å². The molecule has 2 bridgehead atoms. The highest BCUT2D eigenvalue weighted by molar-refractivity contribution is 5.43. The number of piperidine rings is 1. The number of aryl methyl sites for hydroxylation is 1. The molecule has 1 saturated carbocycles. The normalized spacial score (nSPS) is 40.6. The van der Waals surface area contributed by atoms with Crippen molar-refractivity contribution in [1.82, 2.24) is 4.90 Å². The predicted octanol–water partition coefficient (Wildman–Crippen LogP) is 3.68. The van der Waals surface area contributed by atoms with E-state index in [1.54, 1.807) is 0 Å². The van der Waals surface area contributed by atoms with Crippen LogP contribution in [0.1, 0.15) is 52.9 Å². The van der Waals surface area contributed by atoms with Gasteiger partial charge in [0.05, 0.1) is 0 Å². The van der Waals surface area contributed by atoms with Crippen LogP contribution in [0, 0.1) is 12.8 Å². The van der Waals surface area contributed by atoms with Crippen molar-refractivity contribution in [3.63, 3.8) is 0 Å². The highest BCUT2D eigenvalue weighted by Crippen LogP contribution is 2.55. The van der Waals surface area contributed by atoms with E-state index in [9.17, 15) is 0 Å². The van der Waals surface area contributed by atoms with Crippen LogP contribution < -0.4 is 0 Å². The average molecular weight is 258 g/mol. The molecule has 0 aromatic heterocycles. The van der Waals surface area contributed by atoms with E-state index in [1.165, 1.54) is 43.2 Å². The summed E-state index contributed by atoms with van der Waals surface area (Å²) in [5, 5.41) is 0. The molecule has 1 nitrogen and oxygen atoms in total. The molecule has 3 atom stereocenters. The molecule has 0 spiro atoms. The number of fused-ring (bicyclic) bond motifs is 1. The Morgan fingerprint density at radius 2 is 2.26 bits per heavy atom. The van der Waals surface area contributed by atoms with Gasteiger partial charge in [-0.1, -0.05) is 36.6 Å². The Labute approximate surface area is 121 Å². The van der Waals surface area contributed by atoms with Crippen LogP contribution in [-0.2, 0) is 11.8 Å². The molecule has 1 saturated heterocycles. The molecule has 19 heavy (non-hydrogen) atoms. The van der Waals surface area contributed by atoms with Crippen molar-refractivity contribution in [3.05, 3.63) is 34.9 Å². The first-order chi connectivity index (χ1) is 10.4. The first kappa shape index (κ1) is 9.18. The molecule has 1 aromatic carbocycles. The third-order valence-corrected chi connectivity index (χ3v) is 6.11. The maximum atomic E-state index is 7.75. The summed E-state index contributed by atoms with van der Waals surface area (Å²) < 4.78 is 23.3. The second-order valence-electron chi connectivity index (χ2n) is 6.88. The molecule has 1 heteroatoms. The van der Waals surface area contributed by atoms with Crippen molar-refractivity contribution in [3.8, 4) is 0 Å². The minimum atomic E-state index is -1.99. The number of likely N-dealkylation sites (tertiary alicyclic amines) is 1. The van der Waals surface area contributed by atoms with E-state index in [1.807, 2.05) is 12.1 Å². The van der Waals surface area contributed by atoms with E-state index in [0.717, 1.165) is 18.9 Å². The predicted molar refractivity (Wildman–Crippen MR) is 79.6 cm³/mol. The largest absolute Gasteiger partial charge is 0.303 e. The van der Waals surface area contributed by atoms with E-state index in [-0.39, 0.29) is 5.41 Å². The van der Waals surface area contributed by atoms with Gasteiger partial charge in [0.15, 0.2) is 0 Å². The van der Waals surface area contributed by atoms with Crippen LogP contribution in [0.25, 0.3) is 0 Å². The molecule has 102 valence electrons. The third-order valence-electron chi connectivity index (χ3n) is 6.11. The summed E-state index contributed by atoms with van der Waals surface area (Å²) in [6.07, 6.45) is 7.49. The topological polar surface area (TPSA) is 3.24 Å². The molecule has 3 aliphatic rings. The molecule has 1 aliphatic heterocycles. The Balaban J connectivity index is 1.87. The number of likely N-dealkylation sites (N-methyl/N-ethyl adjacent to an activating group) is 1. The van der Waals surface area contributed by atoms with Crippen molar-refractivity contribution >= 4 is 0 Å². The molecule has 1 aromatic rings. The summed E-state index contributed by atoms with van der Waals surface area (Å²) in [6, 6.07) is 6.64. The average Bonchev–Trinajstić information content (AvgIpc) is 2.49. The van der Waals surface area contributed by atoms with Crippen molar-refractivity contribution in [2.75, 3.05) is 13.6 Å². The second-order valence-corrected chi connectivity index (χ2v) is 6.88. The van der Waals surface area contributed by atoms with Gasteiger partial charge in [-0.15, -0.1) is 0 Å². The molecule has 1 heterocycles. The Kier molecular flexibility index (Phi) is 1.97. The molecule has 1 unspecified atom stereocenters. The van der Waals surface area contributed by atoms with Gasteiger partial charge >= 0.3 is 0 Å². The van der Waals surface area contributed by atoms with Gasteiger partial charge in [-0.2, -0.15) is 0 Å². The second kappa shape index (κ2) is 4.09. The lowest BCUT2D eigenvalue weighted by atomic mass is 9.52. The standard InChI is InChI=1S/C18H25N/c1-13-6-7-14-12-17-15-5-3-4-8-18(15,16(14)11-13)9-10-19(17)2/h6-7,11,15,17H,3-5,8-10,12H2,1-2H3/t15-,17?,18-/m0/s1/i1D3. The van der Waals surface area contributed by atoms with E-state index in [0.29, 0.717) is 11.6 Å². The third kappa shape index (κ3) is 1.57. The van der Waals surface area contributed by atoms with E-state index < -0.39 is 6.85 Å². The zero-order valence-corrected chi connectivity index (χ0v) is 11.8. The van der Waals surface area contributed by atoms with E-state index in [4.69, 9.17) is 4.11 Å². The Morgan fingerprint density at radius 3 is 3.16 bits per heavy atom. The van der Waals surface area contributed by atoms with Gasteiger partial charge in [-0.05, 0) is 63.2 Å². The van der Waals surface area contributed by atoms with Gasteiger partial charge in [0, 0.05) is 15.6 Å². The van der Waals surface area contributed by atoms with Crippen LogP contribution in [0.3, 0.4) is 0 Å². The highest BCUT2D eigenvalue weighted by Gasteiger charge is 2.52. The van der Waals surface area contributed by atoms with Crippen LogP contribution in [-0.4, -0.2) is 24.5 Å². The molecule has 2 fully saturated rings. The maximum absolute atomic E-state index is 7.75. The number of rotatable bonds is 0. The summed E-state index contributed by atoms with van der Waals surface area (Å²) in [4.78, 5) is 2.55. The Morgan fingerprint density at radius 1 is 1.32 bits per heavy atom. The minimum absolute atomic E-state index is 0.254. The van der Waals surface area contributed by atoms with E-state index in [2.05, 4.69) is 18.0 Å². The monoisotopic (exact) mass is 258 g/mol. The molecular formula is C18H25N. The summed E-state index contributed by atoms with van der Waals surface area (Å²) in [5.41, 5.74) is 3.57. The van der Waals surface area contributed by atoms with Crippen LogP contribution >= 0.6 is 0 Å². The van der Waals surface area contributed by atoms with Crippen LogP contribution in [0.2, 0.25) is 0 Å². The van der Waals surface area contributed by atoms with Crippen LogP contribution in [0.4, 0.5) is 0 Å². The fraction of sp³-hybridized carbons (Fsp3) is 0.667.